The third-order valence-corrected chi connectivity index (χ3v) is 0. The lowest BCUT2D eigenvalue weighted by atomic mass is 11.2. The minimum Gasteiger partial charge on any atom is -0.516 e. The summed E-state index contributed by atoms with van der Waals surface area (Å²) in [5.74, 6) is 0. The Morgan fingerprint density at radius 1 is 1.75 bits per heavy atom. The average Bonchev–Trinajstić information content (AvgIpc) is 0.918. The standard InChI is InChI=1S/C2H4O.HI/c1-2-3;/h2-3H,1H2;1H. The van der Waals surface area contributed by atoms with Crippen LogP contribution in [0.5, 0.6) is 0 Å². The summed E-state index contributed by atoms with van der Waals surface area (Å²) in [5, 5.41) is 7.33. The normalized spacial score (nSPS) is 3.00. The molecule has 26 valence electrons. The van der Waals surface area contributed by atoms with Gasteiger partial charge in [-0.15, -0.1) is 24.0 Å². The van der Waals surface area contributed by atoms with Crippen LogP contribution < -0.4 is 0 Å². The van der Waals surface area contributed by atoms with Crippen molar-refractivity contribution in [3.63, 3.8) is 0 Å². The van der Waals surface area contributed by atoms with E-state index in [9.17, 15) is 0 Å². The van der Waals surface area contributed by atoms with Gasteiger partial charge in [-0.2, -0.15) is 0 Å². The van der Waals surface area contributed by atoms with E-state index < -0.39 is 0 Å². The first-order valence-electron chi connectivity index (χ1n) is 0.666. The molecule has 0 atom stereocenters. The second kappa shape index (κ2) is 10.4. The molecule has 0 spiro atoms. The highest BCUT2D eigenvalue weighted by Crippen LogP contribution is 1.26. The second-order valence-corrected chi connectivity index (χ2v) is 0.183. The van der Waals surface area contributed by atoms with Crippen LogP contribution in [0.1, 0.15) is 0 Å². The van der Waals surface area contributed by atoms with Gasteiger partial charge in [0.15, 0.2) is 0 Å². The topological polar surface area (TPSA) is 20.2 Å². The van der Waals surface area contributed by atoms with Crippen molar-refractivity contribution in [2.24, 2.45) is 0 Å². The average molecular weight is 172 g/mol. The van der Waals surface area contributed by atoms with Gasteiger partial charge in [0, 0.05) is 0 Å². The Balaban J connectivity index is 0. The third kappa shape index (κ3) is 50.2. The zero-order valence-corrected chi connectivity index (χ0v) is 4.47. The highest BCUT2D eigenvalue weighted by atomic mass is 127. The van der Waals surface area contributed by atoms with E-state index in [0.29, 0.717) is 0 Å². The molecule has 0 aliphatic rings. The SMILES string of the molecule is C=CO.I. The summed E-state index contributed by atoms with van der Waals surface area (Å²) in [5.41, 5.74) is 0. The van der Waals surface area contributed by atoms with Gasteiger partial charge >= 0.3 is 0 Å². The van der Waals surface area contributed by atoms with Crippen molar-refractivity contribution in [3.8, 4) is 0 Å². The molecule has 1 N–H and O–H groups in total. The number of hydrogen-bond acceptors (Lipinski definition) is 1. The first kappa shape index (κ1) is 8.86. The number of aliphatic hydroxyl groups is 1. The van der Waals surface area contributed by atoms with Crippen LogP contribution in [0.2, 0.25) is 0 Å². The smallest absolute Gasteiger partial charge is 0.0719 e. The van der Waals surface area contributed by atoms with Crippen molar-refractivity contribution >= 4 is 24.0 Å². The first-order chi connectivity index (χ1) is 1.41. The highest BCUT2D eigenvalue weighted by molar-refractivity contribution is 14.0. The van der Waals surface area contributed by atoms with Gasteiger partial charge in [-0.3, -0.25) is 0 Å². The highest BCUT2D eigenvalue weighted by Gasteiger charge is 1.11. The van der Waals surface area contributed by atoms with Crippen molar-refractivity contribution in [1.29, 1.82) is 0 Å². The van der Waals surface area contributed by atoms with E-state index in [2.05, 4.69) is 6.58 Å². The minimum atomic E-state index is 0. The summed E-state index contributed by atoms with van der Waals surface area (Å²) >= 11 is 0. The van der Waals surface area contributed by atoms with E-state index in [1.807, 2.05) is 0 Å². The van der Waals surface area contributed by atoms with Gasteiger partial charge in [-0.1, -0.05) is 6.58 Å². The van der Waals surface area contributed by atoms with E-state index in [1.54, 1.807) is 0 Å². The van der Waals surface area contributed by atoms with Crippen molar-refractivity contribution < 1.29 is 5.11 Å². The Morgan fingerprint density at radius 3 is 1.75 bits per heavy atom. The zero-order chi connectivity index (χ0) is 2.71. The third-order valence-electron chi connectivity index (χ3n) is 0. The Labute approximate surface area is 42.4 Å². The van der Waals surface area contributed by atoms with Crippen LogP contribution in [0, 0.1) is 0 Å². The van der Waals surface area contributed by atoms with E-state index in [4.69, 9.17) is 5.11 Å². The molecule has 0 aliphatic carbocycles. The lowest BCUT2D eigenvalue weighted by Gasteiger charge is -1.41. The zero-order valence-electron chi connectivity index (χ0n) is 2.14. The molecule has 0 aliphatic heterocycles. The summed E-state index contributed by atoms with van der Waals surface area (Å²) in [6.07, 6.45) is 0.750. The lowest BCUT2D eigenvalue weighted by Crippen LogP contribution is -1.25. The molecule has 0 aromatic carbocycles. The fourth-order valence-corrected chi connectivity index (χ4v) is 0. The lowest BCUT2D eigenvalue weighted by molar-refractivity contribution is 0.476. The summed E-state index contributed by atoms with van der Waals surface area (Å²) in [6, 6.07) is 0. The molecule has 2 heteroatoms. The molecule has 0 fully saturated rings. The molecular weight excluding hydrogens is 167 g/mol. The summed E-state index contributed by atoms with van der Waals surface area (Å²) in [7, 11) is 0. The Kier molecular flexibility index (Phi) is 23.1. The number of halogens is 1. The van der Waals surface area contributed by atoms with Crippen LogP contribution in [-0.2, 0) is 0 Å². The Bertz CT molecular complexity index is 13.5. The molecule has 0 amide bonds. The Morgan fingerprint density at radius 2 is 1.75 bits per heavy atom. The van der Waals surface area contributed by atoms with Crippen LogP contribution in [-0.4, -0.2) is 5.11 Å². The van der Waals surface area contributed by atoms with Gasteiger partial charge < -0.3 is 5.11 Å². The molecule has 0 aromatic heterocycles. The van der Waals surface area contributed by atoms with Gasteiger partial charge in [0.05, 0.1) is 6.26 Å². The maximum absolute atomic E-state index is 7.33. The predicted molar refractivity (Wildman–Crippen MR) is 28.2 cm³/mol. The maximum Gasteiger partial charge on any atom is 0.0719 e. The van der Waals surface area contributed by atoms with Gasteiger partial charge in [0.25, 0.3) is 0 Å². The van der Waals surface area contributed by atoms with Gasteiger partial charge in [0.1, 0.15) is 0 Å². The molecule has 1 nitrogen and oxygen atoms in total. The minimum absolute atomic E-state index is 0. The number of rotatable bonds is 0. The molecule has 0 saturated heterocycles. The van der Waals surface area contributed by atoms with E-state index in [0.717, 1.165) is 6.26 Å². The molecule has 0 heterocycles. The van der Waals surface area contributed by atoms with E-state index in [1.165, 1.54) is 0 Å². The van der Waals surface area contributed by atoms with Gasteiger partial charge in [-0.05, 0) is 0 Å². The fourth-order valence-electron chi connectivity index (χ4n) is 0. The van der Waals surface area contributed by atoms with Crippen LogP contribution in [0.4, 0.5) is 0 Å². The number of hydrogen-bond donors (Lipinski definition) is 1. The quantitative estimate of drug-likeness (QED) is 0.431. The molecule has 4 heavy (non-hydrogen) atoms. The maximum atomic E-state index is 7.33. The van der Waals surface area contributed by atoms with Crippen molar-refractivity contribution in [2.45, 2.75) is 0 Å². The number of aliphatic hydroxyl groups excluding tert-OH is 1. The van der Waals surface area contributed by atoms with Crippen molar-refractivity contribution in [2.75, 3.05) is 0 Å². The van der Waals surface area contributed by atoms with Crippen molar-refractivity contribution in [1.82, 2.24) is 0 Å². The molecule has 0 aromatic rings. The Hall–Kier alpha value is 0.270. The van der Waals surface area contributed by atoms with Crippen molar-refractivity contribution in [3.05, 3.63) is 12.8 Å². The molecule has 0 unspecified atom stereocenters. The summed E-state index contributed by atoms with van der Waals surface area (Å²) in [4.78, 5) is 0. The molecule has 0 radical (unpaired) electrons. The van der Waals surface area contributed by atoms with Gasteiger partial charge in [-0.25, -0.2) is 0 Å². The molecule has 0 rings (SSSR count). The van der Waals surface area contributed by atoms with Crippen LogP contribution in [0.3, 0.4) is 0 Å². The fraction of sp³-hybridized carbons (Fsp3) is 0. The molecule has 0 bridgehead atoms. The first-order valence-corrected chi connectivity index (χ1v) is 0.666. The summed E-state index contributed by atoms with van der Waals surface area (Å²) < 4.78 is 0. The monoisotopic (exact) mass is 172 g/mol. The second-order valence-electron chi connectivity index (χ2n) is 0.183. The van der Waals surface area contributed by atoms with E-state index >= 15 is 0 Å². The molecular formula is C2H5IO. The van der Waals surface area contributed by atoms with Crippen LogP contribution in [0.25, 0.3) is 0 Å². The predicted octanol–water partition coefficient (Wildman–Crippen LogP) is 1.31. The van der Waals surface area contributed by atoms with Crippen LogP contribution >= 0.6 is 24.0 Å². The van der Waals surface area contributed by atoms with Crippen LogP contribution in [0.15, 0.2) is 12.8 Å². The van der Waals surface area contributed by atoms with Gasteiger partial charge in [0.2, 0.25) is 0 Å². The summed E-state index contributed by atoms with van der Waals surface area (Å²) in [6.45, 7) is 2.92. The van der Waals surface area contributed by atoms with E-state index in [-0.39, 0.29) is 24.0 Å². The largest absolute Gasteiger partial charge is 0.516 e. The molecule has 0 saturated carbocycles.